The molecule has 3 heterocycles. The van der Waals surface area contributed by atoms with Gasteiger partial charge in [-0.25, -0.2) is 5.43 Å². The second-order valence-electron chi connectivity index (χ2n) is 7.97. The molecule has 0 saturated carbocycles. The second-order valence-corrected chi connectivity index (χ2v) is 7.97. The van der Waals surface area contributed by atoms with Gasteiger partial charge in [-0.1, -0.05) is 18.6 Å². The Balaban J connectivity index is 1.83. The van der Waals surface area contributed by atoms with Gasteiger partial charge in [0.1, 0.15) is 11.3 Å². The third-order valence-corrected chi connectivity index (χ3v) is 5.96. The third kappa shape index (κ3) is 3.59. The fraction of sp³-hybridized carbons (Fsp3) is 0.409. The summed E-state index contributed by atoms with van der Waals surface area (Å²) in [4.78, 5) is 14.6. The van der Waals surface area contributed by atoms with Crippen molar-refractivity contribution in [3.05, 3.63) is 40.7 Å². The first-order valence-electron chi connectivity index (χ1n) is 10.3. The summed E-state index contributed by atoms with van der Waals surface area (Å²) in [6.45, 7) is 9.22. The van der Waals surface area contributed by atoms with Crippen molar-refractivity contribution in [3.63, 3.8) is 0 Å². The van der Waals surface area contributed by atoms with Crippen LogP contribution in [0.15, 0.2) is 33.3 Å². The van der Waals surface area contributed by atoms with E-state index in [9.17, 15) is 4.79 Å². The number of amidine groups is 1. The van der Waals surface area contributed by atoms with Crippen LogP contribution < -0.4 is 16.5 Å². The summed E-state index contributed by atoms with van der Waals surface area (Å²) in [6.07, 6.45) is 1.92. The smallest absolute Gasteiger partial charge is 0.290 e. The highest BCUT2D eigenvalue weighted by Gasteiger charge is 2.31. The van der Waals surface area contributed by atoms with Gasteiger partial charge < -0.3 is 20.4 Å². The molecule has 1 saturated heterocycles. The zero-order chi connectivity index (χ0) is 21.4. The molecule has 30 heavy (non-hydrogen) atoms. The van der Waals surface area contributed by atoms with Crippen LogP contribution in [0, 0.1) is 19.3 Å². The average Bonchev–Trinajstić information content (AvgIpc) is 3.06. The maximum atomic E-state index is 12.2. The maximum absolute atomic E-state index is 12.2. The van der Waals surface area contributed by atoms with Gasteiger partial charge in [0.15, 0.2) is 11.6 Å². The topological polar surface area (TPSA) is 120 Å². The second kappa shape index (κ2) is 7.95. The van der Waals surface area contributed by atoms with Crippen molar-refractivity contribution in [1.29, 1.82) is 5.41 Å². The molecule has 158 valence electrons. The summed E-state index contributed by atoms with van der Waals surface area (Å²) < 4.78 is 6.22. The normalized spacial score (nSPS) is 20.3. The third-order valence-electron chi connectivity index (χ3n) is 5.96. The van der Waals surface area contributed by atoms with E-state index >= 15 is 0 Å². The molecule has 4 rings (SSSR count). The lowest BCUT2D eigenvalue weighted by atomic mass is 9.98. The Bertz CT molecular complexity index is 1070. The quantitative estimate of drug-likeness (QED) is 0.619. The van der Waals surface area contributed by atoms with Gasteiger partial charge in [-0.3, -0.25) is 10.2 Å². The summed E-state index contributed by atoms with van der Waals surface area (Å²) in [5, 5.41) is 16.8. The number of piperidine rings is 1. The fourth-order valence-corrected chi connectivity index (χ4v) is 4.14. The highest BCUT2D eigenvalue weighted by Crippen LogP contribution is 2.32. The summed E-state index contributed by atoms with van der Waals surface area (Å²) >= 11 is 0. The molecule has 0 atom stereocenters. The van der Waals surface area contributed by atoms with Crippen LogP contribution in [0.5, 0.6) is 0 Å². The molecule has 0 aliphatic carbocycles. The van der Waals surface area contributed by atoms with Crippen LogP contribution in [0.25, 0.3) is 16.7 Å². The number of carbonyl (C=O) groups excluding carboxylic acids is 1. The van der Waals surface area contributed by atoms with Crippen LogP contribution in [0.2, 0.25) is 0 Å². The van der Waals surface area contributed by atoms with Crippen molar-refractivity contribution in [2.75, 3.05) is 19.6 Å². The lowest BCUT2D eigenvalue weighted by Crippen LogP contribution is -2.45. The van der Waals surface area contributed by atoms with E-state index in [1.54, 1.807) is 0 Å². The van der Waals surface area contributed by atoms with Gasteiger partial charge in [0.05, 0.1) is 11.3 Å². The van der Waals surface area contributed by atoms with Gasteiger partial charge >= 0.3 is 0 Å². The standard InChI is InChI=1S/C22H28N6O2/c1-4-28-9-7-14(8-10-28)25-19(17-18(23)22(29)27-26-21(17)24)20-13(3)15-11-12(2)5-6-16(15)30-20/h5-6,11,14,23,25H,4,7-10H2,1-3H3,(H2,24,26)(H,27,29)/b19-17+,23-18?. The number of benzene rings is 1. The molecule has 2 aromatic rings. The van der Waals surface area contributed by atoms with E-state index in [0.717, 1.165) is 54.6 Å². The molecule has 1 aromatic heterocycles. The van der Waals surface area contributed by atoms with Crippen molar-refractivity contribution in [2.45, 2.75) is 39.7 Å². The lowest BCUT2D eigenvalue weighted by Gasteiger charge is -2.33. The zero-order valence-corrected chi connectivity index (χ0v) is 17.6. The summed E-state index contributed by atoms with van der Waals surface area (Å²) in [6, 6.07) is 6.22. The van der Waals surface area contributed by atoms with Crippen LogP contribution in [-0.2, 0) is 4.79 Å². The average molecular weight is 409 g/mol. The number of nitrogens with one attached hydrogen (secondary N) is 3. The number of amides is 1. The molecule has 2 aliphatic heterocycles. The molecular formula is C22H28N6O2. The number of nitrogens with two attached hydrogens (primary N) is 1. The van der Waals surface area contributed by atoms with E-state index in [1.165, 1.54) is 0 Å². The Morgan fingerprint density at radius 3 is 2.80 bits per heavy atom. The largest absolute Gasteiger partial charge is 0.454 e. The Morgan fingerprint density at radius 2 is 2.10 bits per heavy atom. The summed E-state index contributed by atoms with van der Waals surface area (Å²) in [7, 11) is 0. The molecule has 1 amide bonds. The molecule has 8 nitrogen and oxygen atoms in total. The van der Waals surface area contributed by atoms with Gasteiger partial charge in [-0.15, -0.1) is 0 Å². The van der Waals surface area contributed by atoms with E-state index in [4.69, 9.17) is 15.6 Å². The number of nitrogens with zero attached hydrogens (tertiary/aromatic N) is 2. The van der Waals surface area contributed by atoms with Crippen LogP contribution in [0.4, 0.5) is 0 Å². The number of hydrogen-bond donors (Lipinski definition) is 4. The first-order valence-corrected chi connectivity index (χ1v) is 10.3. The monoisotopic (exact) mass is 408 g/mol. The van der Waals surface area contributed by atoms with Crippen molar-refractivity contribution >= 4 is 34.1 Å². The predicted octanol–water partition coefficient (Wildman–Crippen LogP) is 2.26. The Kier molecular flexibility index (Phi) is 5.34. The van der Waals surface area contributed by atoms with Crippen LogP contribution in [0.3, 0.4) is 0 Å². The lowest BCUT2D eigenvalue weighted by molar-refractivity contribution is -0.114. The molecule has 0 bridgehead atoms. The van der Waals surface area contributed by atoms with Crippen molar-refractivity contribution in [1.82, 2.24) is 15.6 Å². The Morgan fingerprint density at radius 1 is 1.37 bits per heavy atom. The van der Waals surface area contributed by atoms with Gasteiger partial charge in [0.25, 0.3) is 5.91 Å². The molecule has 0 spiro atoms. The SMILES string of the molecule is CCN1CCC(N/C(=C2\C(=N)C(=O)NN=C2N)c2oc3ccc(C)cc3c2C)CC1. The highest BCUT2D eigenvalue weighted by molar-refractivity contribution is 6.53. The van der Waals surface area contributed by atoms with E-state index in [2.05, 4.69) is 33.7 Å². The molecule has 2 aliphatic rings. The number of fused-ring (bicyclic) bond motifs is 1. The van der Waals surface area contributed by atoms with Crippen molar-refractivity contribution in [2.24, 2.45) is 10.8 Å². The number of hydrazone groups is 1. The number of furan rings is 1. The minimum atomic E-state index is -0.580. The highest BCUT2D eigenvalue weighted by atomic mass is 16.3. The molecule has 0 radical (unpaired) electrons. The number of carbonyl (C=O) groups is 1. The number of rotatable bonds is 4. The molecular weight excluding hydrogens is 380 g/mol. The van der Waals surface area contributed by atoms with Crippen LogP contribution >= 0.6 is 0 Å². The van der Waals surface area contributed by atoms with Crippen LogP contribution in [-0.4, -0.2) is 48.0 Å². The van der Waals surface area contributed by atoms with E-state index < -0.39 is 5.91 Å². The Hall–Kier alpha value is -3.13. The number of aryl methyl sites for hydroxylation is 2. The van der Waals surface area contributed by atoms with Gasteiger partial charge in [0, 0.05) is 30.1 Å². The van der Waals surface area contributed by atoms with Crippen LogP contribution in [0.1, 0.15) is 36.7 Å². The zero-order valence-electron chi connectivity index (χ0n) is 17.6. The maximum Gasteiger partial charge on any atom is 0.290 e. The molecule has 5 N–H and O–H groups in total. The number of likely N-dealkylation sites (tertiary alicyclic amines) is 1. The molecule has 1 fully saturated rings. The van der Waals surface area contributed by atoms with E-state index in [1.807, 2.05) is 26.0 Å². The molecule has 1 aromatic carbocycles. The first-order chi connectivity index (χ1) is 14.4. The van der Waals surface area contributed by atoms with E-state index in [-0.39, 0.29) is 23.2 Å². The summed E-state index contributed by atoms with van der Waals surface area (Å²) in [5.74, 6) is 0.120. The van der Waals surface area contributed by atoms with Gasteiger partial charge in [-0.05, 0) is 45.4 Å². The minimum absolute atomic E-state index is 0.101. The predicted molar refractivity (Wildman–Crippen MR) is 118 cm³/mol. The first kappa shape index (κ1) is 20.2. The van der Waals surface area contributed by atoms with Gasteiger partial charge in [0.2, 0.25) is 0 Å². The van der Waals surface area contributed by atoms with Crippen molar-refractivity contribution in [3.8, 4) is 0 Å². The van der Waals surface area contributed by atoms with Crippen molar-refractivity contribution < 1.29 is 9.21 Å². The molecule has 0 unspecified atom stereocenters. The van der Waals surface area contributed by atoms with Gasteiger partial charge in [-0.2, -0.15) is 5.10 Å². The Labute approximate surface area is 175 Å². The van der Waals surface area contributed by atoms with E-state index in [0.29, 0.717) is 11.5 Å². The summed E-state index contributed by atoms with van der Waals surface area (Å²) in [5.41, 5.74) is 11.9. The minimum Gasteiger partial charge on any atom is -0.454 e. The fourth-order valence-electron chi connectivity index (χ4n) is 4.14. The molecule has 8 heteroatoms. The number of hydrogen-bond acceptors (Lipinski definition) is 7.